The second kappa shape index (κ2) is 6.59. The molecule has 0 radical (unpaired) electrons. The van der Waals surface area contributed by atoms with Gasteiger partial charge in [0.15, 0.2) is 5.82 Å². The number of rotatable bonds is 4. The molecule has 124 valence electrons. The first-order valence-corrected chi connectivity index (χ1v) is 7.67. The molecule has 1 saturated heterocycles. The van der Waals surface area contributed by atoms with Crippen LogP contribution in [-0.2, 0) is 11.3 Å². The first-order valence-electron chi connectivity index (χ1n) is 7.67. The average molecular weight is 318 g/mol. The first kappa shape index (κ1) is 15.8. The Morgan fingerprint density at radius 1 is 1.26 bits per heavy atom. The Kier molecular flexibility index (Phi) is 4.53. The predicted molar refractivity (Wildman–Crippen MR) is 84.0 cm³/mol. The molecule has 0 amide bonds. The number of nitrogens with zero attached hydrogens (tertiary/aromatic N) is 6. The topological polar surface area (TPSA) is 80.4 Å². The van der Waals surface area contributed by atoms with Crippen LogP contribution in [0.5, 0.6) is 0 Å². The van der Waals surface area contributed by atoms with Crippen LogP contribution in [0.15, 0.2) is 16.9 Å². The monoisotopic (exact) mass is 318 g/mol. The molecule has 2 aromatic heterocycles. The third-order valence-corrected chi connectivity index (χ3v) is 3.65. The minimum atomic E-state index is -0.193. The molecule has 0 N–H and O–H groups in total. The van der Waals surface area contributed by atoms with Crippen LogP contribution in [0.3, 0.4) is 0 Å². The van der Waals surface area contributed by atoms with Crippen LogP contribution in [0.25, 0.3) is 0 Å². The Balaban J connectivity index is 1.67. The molecule has 0 saturated carbocycles. The smallest absolute Gasteiger partial charge is 0.257 e. The van der Waals surface area contributed by atoms with Crippen LogP contribution in [0.4, 0.5) is 5.95 Å². The van der Waals surface area contributed by atoms with Gasteiger partial charge in [0.05, 0.1) is 6.10 Å². The van der Waals surface area contributed by atoms with Crippen LogP contribution >= 0.6 is 0 Å². The van der Waals surface area contributed by atoms with Gasteiger partial charge in [-0.3, -0.25) is 4.90 Å². The molecule has 3 heterocycles. The van der Waals surface area contributed by atoms with Crippen molar-refractivity contribution in [2.45, 2.75) is 32.6 Å². The Bertz CT molecular complexity index is 642. The summed E-state index contributed by atoms with van der Waals surface area (Å²) in [5.74, 6) is 1.88. The molecule has 1 aliphatic rings. The van der Waals surface area contributed by atoms with Gasteiger partial charge in [-0.15, -0.1) is 0 Å². The predicted octanol–water partition coefficient (Wildman–Crippen LogP) is 1.20. The molecule has 2 aromatic rings. The zero-order valence-electron chi connectivity index (χ0n) is 13.9. The second-order valence-corrected chi connectivity index (χ2v) is 6.09. The quantitative estimate of drug-likeness (QED) is 0.832. The van der Waals surface area contributed by atoms with Gasteiger partial charge in [0.25, 0.3) is 5.89 Å². The molecule has 8 heteroatoms. The lowest BCUT2D eigenvalue weighted by Crippen LogP contribution is -2.42. The Labute approximate surface area is 135 Å². The summed E-state index contributed by atoms with van der Waals surface area (Å²) < 4.78 is 11.2. The number of anilines is 1. The molecule has 3 rings (SSSR count). The summed E-state index contributed by atoms with van der Waals surface area (Å²) in [4.78, 5) is 17.2. The van der Waals surface area contributed by atoms with Gasteiger partial charge in [-0.2, -0.15) is 4.98 Å². The molecular weight excluding hydrogens is 296 g/mol. The third kappa shape index (κ3) is 3.83. The maximum atomic E-state index is 5.93. The highest BCUT2D eigenvalue weighted by Gasteiger charge is 2.30. The summed E-state index contributed by atoms with van der Waals surface area (Å²) in [7, 11) is 3.85. The van der Waals surface area contributed by atoms with Crippen molar-refractivity contribution in [2.24, 2.45) is 0 Å². The molecule has 0 aliphatic carbocycles. The molecule has 0 aromatic carbocycles. The fraction of sp³-hybridized carbons (Fsp3) is 0.600. The summed E-state index contributed by atoms with van der Waals surface area (Å²) in [5.41, 5.74) is 1.07. The SMILES string of the molecule is Cc1noc([C@H]2CN(Cc3cnc(N(C)C)nc3)C[C@@H](C)O2)n1. The summed E-state index contributed by atoms with van der Waals surface area (Å²) in [6.45, 7) is 6.18. The number of aromatic nitrogens is 4. The van der Waals surface area contributed by atoms with E-state index in [-0.39, 0.29) is 12.2 Å². The van der Waals surface area contributed by atoms with E-state index in [1.165, 1.54) is 0 Å². The van der Waals surface area contributed by atoms with Crippen molar-refractivity contribution < 1.29 is 9.26 Å². The maximum Gasteiger partial charge on any atom is 0.257 e. The average Bonchev–Trinajstić information content (AvgIpc) is 2.94. The minimum absolute atomic E-state index is 0.0999. The number of aryl methyl sites for hydroxylation is 1. The van der Waals surface area contributed by atoms with Gasteiger partial charge >= 0.3 is 0 Å². The standard InChI is InChI=1S/C15H22N6O2/c1-10-7-21(8-12-5-16-15(17-6-12)20(3)4)9-13(22-10)14-18-11(2)19-23-14/h5-6,10,13H,7-9H2,1-4H3/t10-,13-/m1/s1. The normalized spacial score (nSPS) is 22.3. The molecule has 1 aliphatic heterocycles. The zero-order chi connectivity index (χ0) is 16.4. The van der Waals surface area contributed by atoms with Gasteiger partial charge in [-0.05, 0) is 13.8 Å². The summed E-state index contributed by atoms with van der Waals surface area (Å²) in [6.07, 6.45) is 3.65. The lowest BCUT2D eigenvalue weighted by atomic mass is 10.2. The van der Waals surface area contributed by atoms with E-state index in [4.69, 9.17) is 9.26 Å². The van der Waals surface area contributed by atoms with Crippen molar-refractivity contribution in [1.29, 1.82) is 0 Å². The highest BCUT2D eigenvalue weighted by molar-refractivity contribution is 5.26. The largest absolute Gasteiger partial charge is 0.363 e. The van der Waals surface area contributed by atoms with Crippen LogP contribution in [0, 0.1) is 6.92 Å². The van der Waals surface area contributed by atoms with Crippen molar-refractivity contribution in [1.82, 2.24) is 25.0 Å². The van der Waals surface area contributed by atoms with E-state index in [1.54, 1.807) is 6.92 Å². The highest BCUT2D eigenvalue weighted by Crippen LogP contribution is 2.25. The summed E-state index contributed by atoms with van der Waals surface area (Å²) >= 11 is 0. The number of ether oxygens (including phenoxy) is 1. The van der Waals surface area contributed by atoms with Gasteiger partial charge in [0, 0.05) is 51.7 Å². The van der Waals surface area contributed by atoms with Crippen molar-refractivity contribution in [3.05, 3.63) is 29.7 Å². The van der Waals surface area contributed by atoms with Gasteiger partial charge in [-0.1, -0.05) is 5.16 Å². The van der Waals surface area contributed by atoms with E-state index in [0.717, 1.165) is 18.7 Å². The maximum absolute atomic E-state index is 5.93. The lowest BCUT2D eigenvalue weighted by Gasteiger charge is -2.35. The van der Waals surface area contributed by atoms with Gasteiger partial charge in [0.1, 0.15) is 6.10 Å². The minimum Gasteiger partial charge on any atom is -0.363 e. The van der Waals surface area contributed by atoms with E-state index < -0.39 is 0 Å². The van der Waals surface area contributed by atoms with Crippen LogP contribution in [0.2, 0.25) is 0 Å². The molecule has 0 bridgehead atoms. The van der Waals surface area contributed by atoms with Crippen molar-refractivity contribution in [3.8, 4) is 0 Å². The Morgan fingerprint density at radius 2 is 2.00 bits per heavy atom. The Morgan fingerprint density at radius 3 is 2.61 bits per heavy atom. The van der Waals surface area contributed by atoms with Gasteiger partial charge in [0.2, 0.25) is 5.95 Å². The molecular formula is C15H22N6O2. The Hall–Kier alpha value is -2.06. The van der Waals surface area contributed by atoms with Crippen LogP contribution in [0.1, 0.15) is 30.3 Å². The summed E-state index contributed by atoms with van der Waals surface area (Å²) in [5, 5.41) is 3.84. The van der Waals surface area contributed by atoms with E-state index in [1.807, 2.05) is 38.3 Å². The van der Waals surface area contributed by atoms with E-state index in [2.05, 4.69) is 25.0 Å². The van der Waals surface area contributed by atoms with Crippen molar-refractivity contribution >= 4 is 5.95 Å². The molecule has 1 fully saturated rings. The lowest BCUT2D eigenvalue weighted by molar-refractivity contribution is -0.0931. The van der Waals surface area contributed by atoms with E-state index in [0.29, 0.717) is 24.2 Å². The molecule has 0 unspecified atom stereocenters. The van der Waals surface area contributed by atoms with Gasteiger partial charge in [-0.25, -0.2) is 9.97 Å². The number of hydrogen-bond donors (Lipinski definition) is 0. The van der Waals surface area contributed by atoms with E-state index in [9.17, 15) is 0 Å². The van der Waals surface area contributed by atoms with E-state index >= 15 is 0 Å². The third-order valence-electron chi connectivity index (χ3n) is 3.65. The molecule has 0 spiro atoms. The summed E-state index contributed by atoms with van der Waals surface area (Å²) in [6, 6.07) is 0. The van der Waals surface area contributed by atoms with Crippen molar-refractivity contribution in [2.75, 3.05) is 32.1 Å². The zero-order valence-corrected chi connectivity index (χ0v) is 13.9. The molecule has 23 heavy (non-hydrogen) atoms. The van der Waals surface area contributed by atoms with Crippen LogP contribution < -0.4 is 4.90 Å². The second-order valence-electron chi connectivity index (χ2n) is 6.09. The van der Waals surface area contributed by atoms with Gasteiger partial charge < -0.3 is 14.2 Å². The van der Waals surface area contributed by atoms with Crippen molar-refractivity contribution in [3.63, 3.8) is 0 Å². The number of hydrogen-bond acceptors (Lipinski definition) is 8. The van der Waals surface area contributed by atoms with Crippen LogP contribution in [-0.4, -0.2) is 58.3 Å². The first-order chi connectivity index (χ1) is 11.0. The number of morpholine rings is 1. The molecule has 8 nitrogen and oxygen atoms in total. The molecule has 2 atom stereocenters. The highest BCUT2D eigenvalue weighted by atomic mass is 16.5. The fourth-order valence-electron chi connectivity index (χ4n) is 2.67. The fourth-order valence-corrected chi connectivity index (χ4v) is 2.67.